The fourth-order valence-corrected chi connectivity index (χ4v) is 2.36. The Morgan fingerprint density at radius 1 is 1.19 bits per heavy atom. The van der Waals surface area contributed by atoms with Gasteiger partial charge in [-0.3, -0.25) is 4.90 Å². The first kappa shape index (κ1) is 16.3. The van der Waals surface area contributed by atoms with E-state index in [1.807, 2.05) is 0 Å². The SMILES string of the molecule is CC(C)CCN(CCOc1ccc(B(O)O)cc1)C1CC1. The van der Waals surface area contributed by atoms with Gasteiger partial charge in [0.05, 0.1) is 0 Å². The van der Waals surface area contributed by atoms with Gasteiger partial charge in [0.25, 0.3) is 0 Å². The maximum Gasteiger partial charge on any atom is 0.488 e. The summed E-state index contributed by atoms with van der Waals surface area (Å²) in [6, 6.07) is 7.68. The Labute approximate surface area is 127 Å². The summed E-state index contributed by atoms with van der Waals surface area (Å²) in [7, 11) is -1.42. The molecule has 1 aromatic rings. The first-order chi connectivity index (χ1) is 10.1. The summed E-state index contributed by atoms with van der Waals surface area (Å²) in [6.45, 7) is 7.32. The molecule has 0 aromatic heterocycles. The van der Waals surface area contributed by atoms with Crippen LogP contribution in [0.25, 0.3) is 0 Å². The minimum absolute atomic E-state index is 0.485. The second kappa shape index (κ2) is 7.83. The van der Waals surface area contributed by atoms with Gasteiger partial charge in [0.2, 0.25) is 0 Å². The molecule has 0 unspecified atom stereocenters. The zero-order chi connectivity index (χ0) is 15.2. The van der Waals surface area contributed by atoms with Crippen molar-refractivity contribution in [3.8, 4) is 5.75 Å². The van der Waals surface area contributed by atoms with E-state index >= 15 is 0 Å². The molecule has 5 heteroatoms. The summed E-state index contributed by atoms with van der Waals surface area (Å²) in [6.07, 6.45) is 3.88. The fraction of sp³-hybridized carbons (Fsp3) is 0.625. The Kier molecular flexibility index (Phi) is 6.09. The van der Waals surface area contributed by atoms with Crippen molar-refractivity contribution in [3.63, 3.8) is 0 Å². The molecule has 1 aromatic carbocycles. The largest absolute Gasteiger partial charge is 0.492 e. The van der Waals surface area contributed by atoms with Crippen molar-refractivity contribution in [1.29, 1.82) is 0 Å². The molecule has 0 atom stereocenters. The van der Waals surface area contributed by atoms with Crippen LogP contribution < -0.4 is 10.2 Å². The van der Waals surface area contributed by atoms with Crippen LogP contribution in [-0.4, -0.2) is 47.8 Å². The molecule has 0 heterocycles. The van der Waals surface area contributed by atoms with Crippen molar-refractivity contribution >= 4 is 12.6 Å². The van der Waals surface area contributed by atoms with Gasteiger partial charge in [0.1, 0.15) is 12.4 Å². The van der Waals surface area contributed by atoms with E-state index in [1.54, 1.807) is 24.3 Å². The molecule has 2 rings (SSSR count). The summed E-state index contributed by atoms with van der Waals surface area (Å²) >= 11 is 0. The molecule has 1 aliphatic rings. The van der Waals surface area contributed by atoms with Crippen molar-refractivity contribution in [1.82, 2.24) is 4.90 Å². The predicted molar refractivity (Wildman–Crippen MR) is 85.8 cm³/mol. The Morgan fingerprint density at radius 2 is 1.86 bits per heavy atom. The molecule has 1 fully saturated rings. The molecule has 1 aliphatic carbocycles. The molecular weight excluding hydrogens is 265 g/mol. The molecule has 2 N–H and O–H groups in total. The van der Waals surface area contributed by atoms with Crippen LogP contribution in [0.15, 0.2) is 24.3 Å². The van der Waals surface area contributed by atoms with Crippen molar-refractivity contribution in [3.05, 3.63) is 24.3 Å². The van der Waals surface area contributed by atoms with Crippen LogP contribution in [-0.2, 0) is 0 Å². The highest BCUT2D eigenvalue weighted by molar-refractivity contribution is 6.58. The lowest BCUT2D eigenvalue weighted by molar-refractivity contribution is 0.194. The summed E-state index contributed by atoms with van der Waals surface area (Å²) in [4.78, 5) is 2.53. The number of hydrogen-bond donors (Lipinski definition) is 2. The van der Waals surface area contributed by atoms with Gasteiger partial charge in [0, 0.05) is 12.6 Å². The van der Waals surface area contributed by atoms with Gasteiger partial charge in [-0.05, 0) is 49.3 Å². The Hall–Kier alpha value is -1.04. The smallest absolute Gasteiger partial charge is 0.488 e. The van der Waals surface area contributed by atoms with E-state index in [4.69, 9.17) is 14.8 Å². The number of hydrogen-bond acceptors (Lipinski definition) is 4. The Balaban J connectivity index is 1.73. The molecule has 0 aliphatic heterocycles. The average Bonchev–Trinajstić information content (AvgIpc) is 3.27. The molecule has 0 bridgehead atoms. The molecule has 0 amide bonds. The lowest BCUT2D eigenvalue weighted by Crippen LogP contribution is -2.32. The van der Waals surface area contributed by atoms with E-state index < -0.39 is 7.12 Å². The van der Waals surface area contributed by atoms with Crippen molar-refractivity contribution in [2.24, 2.45) is 5.92 Å². The molecular formula is C16H26BNO3. The molecule has 4 nitrogen and oxygen atoms in total. The Morgan fingerprint density at radius 3 is 2.38 bits per heavy atom. The highest BCUT2D eigenvalue weighted by Crippen LogP contribution is 2.27. The number of ether oxygens (including phenoxy) is 1. The maximum absolute atomic E-state index is 9.04. The quantitative estimate of drug-likeness (QED) is 0.673. The van der Waals surface area contributed by atoms with Gasteiger partial charge in [-0.15, -0.1) is 0 Å². The fourth-order valence-electron chi connectivity index (χ4n) is 2.36. The van der Waals surface area contributed by atoms with E-state index in [2.05, 4.69) is 18.7 Å². The predicted octanol–water partition coefficient (Wildman–Crippen LogP) is 1.26. The van der Waals surface area contributed by atoms with Crippen LogP contribution in [0.4, 0.5) is 0 Å². The Bertz CT molecular complexity index is 418. The number of benzene rings is 1. The summed E-state index contributed by atoms with van der Waals surface area (Å²) in [5.74, 6) is 1.52. The molecule has 1 saturated carbocycles. The molecule has 116 valence electrons. The topological polar surface area (TPSA) is 52.9 Å². The van der Waals surface area contributed by atoms with Crippen LogP contribution in [0.2, 0.25) is 0 Å². The monoisotopic (exact) mass is 291 g/mol. The highest BCUT2D eigenvalue weighted by atomic mass is 16.5. The van der Waals surface area contributed by atoms with E-state index in [9.17, 15) is 0 Å². The van der Waals surface area contributed by atoms with Gasteiger partial charge in [-0.2, -0.15) is 0 Å². The van der Waals surface area contributed by atoms with Crippen LogP contribution in [0, 0.1) is 5.92 Å². The average molecular weight is 291 g/mol. The lowest BCUT2D eigenvalue weighted by atomic mass is 9.80. The van der Waals surface area contributed by atoms with Crippen LogP contribution in [0.5, 0.6) is 5.75 Å². The first-order valence-electron chi connectivity index (χ1n) is 7.89. The molecule has 21 heavy (non-hydrogen) atoms. The van der Waals surface area contributed by atoms with Gasteiger partial charge in [-0.25, -0.2) is 0 Å². The zero-order valence-corrected chi connectivity index (χ0v) is 13.0. The highest BCUT2D eigenvalue weighted by Gasteiger charge is 2.28. The maximum atomic E-state index is 9.04. The van der Waals surface area contributed by atoms with Crippen LogP contribution in [0.1, 0.15) is 33.1 Å². The van der Waals surface area contributed by atoms with Gasteiger partial charge < -0.3 is 14.8 Å². The normalized spacial score (nSPS) is 14.8. The third kappa shape index (κ3) is 5.69. The van der Waals surface area contributed by atoms with Crippen molar-refractivity contribution in [2.75, 3.05) is 19.7 Å². The first-order valence-corrected chi connectivity index (χ1v) is 7.89. The minimum Gasteiger partial charge on any atom is -0.492 e. The van der Waals surface area contributed by atoms with Crippen LogP contribution >= 0.6 is 0 Å². The van der Waals surface area contributed by atoms with Crippen molar-refractivity contribution in [2.45, 2.75) is 39.2 Å². The minimum atomic E-state index is -1.42. The molecule has 0 radical (unpaired) electrons. The molecule has 0 spiro atoms. The summed E-state index contributed by atoms with van der Waals surface area (Å²) < 4.78 is 5.75. The van der Waals surface area contributed by atoms with E-state index in [0.717, 1.165) is 30.8 Å². The second-order valence-corrected chi connectivity index (χ2v) is 6.24. The van der Waals surface area contributed by atoms with Gasteiger partial charge in [0.15, 0.2) is 0 Å². The number of nitrogens with zero attached hydrogens (tertiary/aromatic N) is 1. The third-order valence-electron chi connectivity index (χ3n) is 3.88. The second-order valence-electron chi connectivity index (χ2n) is 6.24. The molecule has 0 saturated heterocycles. The van der Waals surface area contributed by atoms with Gasteiger partial charge >= 0.3 is 7.12 Å². The van der Waals surface area contributed by atoms with E-state index in [-0.39, 0.29) is 0 Å². The van der Waals surface area contributed by atoms with Crippen LogP contribution in [0.3, 0.4) is 0 Å². The number of rotatable bonds is 9. The zero-order valence-electron chi connectivity index (χ0n) is 13.0. The summed E-state index contributed by atoms with van der Waals surface area (Å²) in [5.41, 5.74) is 0.485. The third-order valence-corrected chi connectivity index (χ3v) is 3.88. The standard InChI is InChI=1S/C16H26BNO3/c1-13(2)9-10-18(15-5-6-15)11-12-21-16-7-3-14(4-8-16)17(19)20/h3-4,7-8,13,15,19-20H,5-6,9-12H2,1-2H3. The lowest BCUT2D eigenvalue weighted by Gasteiger charge is -2.23. The summed E-state index contributed by atoms with van der Waals surface area (Å²) in [5, 5.41) is 18.1. The van der Waals surface area contributed by atoms with Gasteiger partial charge in [-0.1, -0.05) is 26.0 Å². The van der Waals surface area contributed by atoms with Crippen molar-refractivity contribution < 1.29 is 14.8 Å². The van der Waals surface area contributed by atoms with E-state index in [0.29, 0.717) is 12.1 Å². The van der Waals surface area contributed by atoms with E-state index in [1.165, 1.54) is 19.3 Å².